The van der Waals surface area contributed by atoms with Crippen LogP contribution in [0.5, 0.6) is 0 Å². The molecule has 0 unspecified atom stereocenters. The predicted octanol–water partition coefficient (Wildman–Crippen LogP) is 4.77. The van der Waals surface area contributed by atoms with Gasteiger partial charge in [0.1, 0.15) is 0 Å². The van der Waals surface area contributed by atoms with Gasteiger partial charge in [0.2, 0.25) is 0 Å². The zero-order valence-electron chi connectivity index (χ0n) is 12.5. The Hall–Kier alpha value is -2.94. The molecule has 3 nitrogen and oxygen atoms in total. The fraction of sp³-hybridized carbons (Fsp3) is 0.0526. The molecule has 0 spiro atoms. The molecule has 1 N–H and O–H groups in total. The molecule has 0 aliphatic rings. The van der Waals surface area contributed by atoms with Crippen molar-refractivity contribution in [3.63, 3.8) is 0 Å². The third kappa shape index (κ3) is 2.61. The third-order valence-electron chi connectivity index (χ3n) is 3.50. The standard InChI is InChI=1S/C19H17N3/c1-3-4-5-8-14(2)19-17(13-21-22-19)15-11-12-20-18-10-7-6-9-16(15)18/h3-13H,2H2,1H3,(H,21,22)/b4-3-,8-5-. The van der Waals surface area contributed by atoms with Gasteiger partial charge in [-0.1, -0.05) is 49.1 Å². The van der Waals surface area contributed by atoms with Gasteiger partial charge in [-0.3, -0.25) is 10.1 Å². The van der Waals surface area contributed by atoms with Crippen LogP contribution in [-0.2, 0) is 0 Å². The number of benzene rings is 1. The van der Waals surface area contributed by atoms with Crippen molar-refractivity contribution in [2.75, 3.05) is 0 Å². The number of nitrogens with zero attached hydrogens (tertiary/aromatic N) is 2. The second-order valence-corrected chi connectivity index (χ2v) is 4.94. The maximum atomic E-state index is 4.41. The lowest BCUT2D eigenvalue weighted by molar-refractivity contribution is 1.08. The number of hydrogen-bond acceptors (Lipinski definition) is 2. The minimum absolute atomic E-state index is 0.895. The molecular formula is C19H17N3. The van der Waals surface area contributed by atoms with Gasteiger partial charge in [-0.05, 0) is 30.2 Å². The van der Waals surface area contributed by atoms with E-state index in [-0.39, 0.29) is 0 Å². The van der Waals surface area contributed by atoms with Crippen molar-refractivity contribution >= 4 is 16.5 Å². The smallest absolute Gasteiger partial charge is 0.0722 e. The molecule has 1 aromatic carbocycles. The topological polar surface area (TPSA) is 41.6 Å². The van der Waals surface area contributed by atoms with Crippen LogP contribution >= 0.6 is 0 Å². The van der Waals surface area contributed by atoms with Crippen molar-refractivity contribution < 1.29 is 0 Å². The summed E-state index contributed by atoms with van der Waals surface area (Å²) in [6.07, 6.45) is 11.6. The summed E-state index contributed by atoms with van der Waals surface area (Å²) in [5, 5.41) is 8.36. The summed E-state index contributed by atoms with van der Waals surface area (Å²) in [7, 11) is 0. The number of aromatic amines is 1. The van der Waals surface area contributed by atoms with E-state index < -0.39 is 0 Å². The van der Waals surface area contributed by atoms with Gasteiger partial charge in [0.25, 0.3) is 0 Å². The molecule has 0 radical (unpaired) electrons. The summed E-state index contributed by atoms with van der Waals surface area (Å²) in [6, 6.07) is 10.1. The van der Waals surface area contributed by atoms with E-state index in [0.717, 1.165) is 33.3 Å². The van der Waals surface area contributed by atoms with E-state index in [1.165, 1.54) is 0 Å². The highest BCUT2D eigenvalue weighted by Crippen LogP contribution is 2.31. The number of aromatic nitrogens is 3. The molecular weight excluding hydrogens is 270 g/mol. The van der Waals surface area contributed by atoms with E-state index in [2.05, 4.69) is 27.8 Å². The molecule has 0 aliphatic heterocycles. The fourth-order valence-corrected chi connectivity index (χ4v) is 2.43. The fourth-order valence-electron chi connectivity index (χ4n) is 2.43. The van der Waals surface area contributed by atoms with Crippen LogP contribution < -0.4 is 0 Å². The number of hydrogen-bond donors (Lipinski definition) is 1. The van der Waals surface area contributed by atoms with Crippen LogP contribution in [0.2, 0.25) is 0 Å². The van der Waals surface area contributed by atoms with Crippen molar-refractivity contribution in [2.24, 2.45) is 0 Å². The average molecular weight is 287 g/mol. The molecule has 22 heavy (non-hydrogen) atoms. The first-order valence-electron chi connectivity index (χ1n) is 7.17. The van der Waals surface area contributed by atoms with Crippen LogP contribution in [0, 0.1) is 0 Å². The van der Waals surface area contributed by atoms with Gasteiger partial charge in [-0.15, -0.1) is 0 Å². The van der Waals surface area contributed by atoms with Crippen LogP contribution in [0.1, 0.15) is 12.6 Å². The van der Waals surface area contributed by atoms with Gasteiger partial charge < -0.3 is 0 Å². The first-order valence-corrected chi connectivity index (χ1v) is 7.17. The molecule has 2 heterocycles. The van der Waals surface area contributed by atoms with E-state index in [0.29, 0.717) is 0 Å². The molecule has 2 aromatic heterocycles. The molecule has 0 aliphatic carbocycles. The Morgan fingerprint density at radius 1 is 1.14 bits per heavy atom. The quantitative estimate of drug-likeness (QED) is 0.702. The normalized spacial score (nSPS) is 11.7. The van der Waals surface area contributed by atoms with Gasteiger partial charge in [0, 0.05) is 17.1 Å². The molecule has 3 heteroatoms. The number of nitrogens with one attached hydrogen (secondary N) is 1. The summed E-state index contributed by atoms with van der Waals surface area (Å²) in [5.41, 5.74) is 4.94. The first-order chi connectivity index (χ1) is 10.8. The number of pyridine rings is 1. The van der Waals surface area contributed by atoms with Crippen molar-refractivity contribution in [1.82, 2.24) is 15.2 Å². The highest BCUT2D eigenvalue weighted by atomic mass is 15.1. The van der Waals surface area contributed by atoms with E-state index in [4.69, 9.17) is 0 Å². The lowest BCUT2D eigenvalue weighted by Gasteiger charge is -2.06. The second kappa shape index (κ2) is 6.22. The van der Waals surface area contributed by atoms with Crippen LogP contribution in [0.15, 0.2) is 73.6 Å². The number of para-hydroxylation sites is 1. The maximum Gasteiger partial charge on any atom is 0.0722 e. The Labute approximate surface area is 129 Å². The van der Waals surface area contributed by atoms with Gasteiger partial charge >= 0.3 is 0 Å². The monoisotopic (exact) mass is 287 g/mol. The number of fused-ring (bicyclic) bond motifs is 1. The van der Waals surface area contributed by atoms with Gasteiger partial charge in [-0.2, -0.15) is 5.10 Å². The minimum atomic E-state index is 0.895. The van der Waals surface area contributed by atoms with Crippen molar-refractivity contribution in [3.05, 3.63) is 79.3 Å². The van der Waals surface area contributed by atoms with Crippen LogP contribution in [-0.4, -0.2) is 15.2 Å². The first kappa shape index (κ1) is 14.0. The molecule has 3 rings (SSSR count). The van der Waals surface area contributed by atoms with E-state index >= 15 is 0 Å². The SMILES string of the molecule is C=C(/C=C\C=C/C)c1[nH]ncc1-c1ccnc2ccccc12. The molecule has 3 aromatic rings. The Kier molecular flexibility index (Phi) is 3.97. The van der Waals surface area contributed by atoms with Crippen molar-refractivity contribution in [1.29, 1.82) is 0 Å². The summed E-state index contributed by atoms with van der Waals surface area (Å²) in [6.45, 7) is 6.11. The van der Waals surface area contributed by atoms with E-state index in [9.17, 15) is 0 Å². The molecule has 0 saturated heterocycles. The molecule has 0 bridgehead atoms. The number of H-pyrrole nitrogens is 1. The average Bonchev–Trinajstić information content (AvgIpc) is 3.04. The van der Waals surface area contributed by atoms with Gasteiger partial charge in [-0.25, -0.2) is 0 Å². The summed E-state index contributed by atoms with van der Waals surface area (Å²) < 4.78 is 0. The molecule has 0 amide bonds. The summed E-state index contributed by atoms with van der Waals surface area (Å²) in [4.78, 5) is 4.41. The Balaban J connectivity index is 2.10. The van der Waals surface area contributed by atoms with E-state index in [1.807, 2.05) is 67.9 Å². The van der Waals surface area contributed by atoms with E-state index in [1.54, 1.807) is 0 Å². The zero-order chi connectivity index (χ0) is 15.4. The largest absolute Gasteiger partial charge is 0.277 e. The number of allylic oxidation sites excluding steroid dienone is 5. The maximum absolute atomic E-state index is 4.41. The van der Waals surface area contributed by atoms with Crippen LogP contribution in [0.4, 0.5) is 0 Å². The lowest BCUT2D eigenvalue weighted by atomic mass is 9.99. The Bertz CT molecular complexity index is 864. The minimum Gasteiger partial charge on any atom is -0.277 e. The van der Waals surface area contributed by atoms with Crippen LogP contribution in [0.25, 0.3) is 27.6 Å². The predicted molar refractivity (Wildman–Crippen MR) is 92.3 cm³/mol. The Morgan fingerprint density at radius 2 is 2.00 bits per heavy atom. The van der Waals surface area contributed by atoms with Gasteiger partial charge in [0.15, 0.2) is 0 Å². The third-order valence-corrected chi connectivity index (χ3v) is 3.50. The Morgan fingerprint density at radius 3 is 2.86 bits per heavy atom. The zero-order valence-corrected chi connectivity index (χ0v) is 12.5. The van der Waals surface area contributed by atoms with Gasteiger partial charge in [0.05, 0.1) is 17.4 Å². The second-order valence-electron chi connectivity index (χ2n) is 4.94. The lowest BCUT2D eigenvalue weighted by Crippen LogP contribution is -1.87. The highest BCUT2D eigenvalue weighted by Gasteiger charge is 2.12. The van der Waals surface area contributed by atoms with Crippen molar-refractivity contribution in [2.45, 2.75) is 6.92 Å². The van der Waals surface area contributed by atoms with Crippen LogP contribution in [0.3, 0.4) is 0 Å². The van der Waals surface area contributed by atoms with Crippen molar-refractivity contribution in [3.8, 4) is 11.1 Å². The number of rotatable bonds is 4. The molecule has 0 fully saturated rings. The summed E-state index contributed by atoms with van der Waals surface area (Å²) >= 11 is 0. The molecule has 0 saturated carbocycles. The highest BCUT2D eigenvalue weighted by molar-refractivity contribution is 5.97. The molecule has 0 atom stereocenters. The summed E-state index contributed by atoms with van der Waals surface area (Å²) in [5.74, 6) is 0. The molecule has 108 valence electrons.